The quantitative estimate of drug-likeness (QED) is 0.672. The van der Waals surface area contributed by atoms with E-state index in [9.17, 15) is 9.18 Å². The van der Waals surface area contributed by atoms with Crippen molar-refractivity contribution in [1.29, 1.82) is 0 Å². The Morgan fingerprint density at radius 3 is 2.54 bits per heavy atom. The predicted octanol–water partition coefficient (Wildman–Crippen LogP) is 3.41. The highest BCUT2D eigenvalue weighted by Crippen LogP contribution is 2.35. The van der Waals surface area contributed by atoms with Gasteiger partial charge in [-0.1, -0.05) is 17.3 Å². The van der Waals surface area contributed by atoms with Gasteiger partial charge in [-0.15, -0.1) is 0 Å². The molecule has 2 heterocycles. The number of halogens is 1. The molecule has 1 atom stereocenters. The number of rotatable bonds is 5. The van der Waals surface area contributed by atoms with E-state index in [2.05, 4.69) is 10.1 Å². The number of methoxy groups -OCH3 is 2. The minimum absolute atomic E-state index is 0.0717. The Kier molecular flexibility index (Phi) is 4.68. The number of nitrogens with zero attached hydrogens (tertiary/aromatic N) is 3. The van der Waals surface area contributed by atoms with Gasteiger partial charge in [-0.2, -0.15) is 4.98 Å². The van der Waals surface area contributed by atoms with Crippen molar-refractivity contribution in [2.24, 2.45) is 0 Å². The Morgan fingerprint density at radius 1 is 1.14 bits per heavy atom. The van der Waals surface area contributed by atoms with Crippen molar-refractivity contribution in [2.45, 2.75) is 12.3 Å². The zero-order valence-corrected chi connectivity index (χ0v) is 15.4. The molecule has 1 aliphatic rings. The van der Waals surface area contributed by atoms with Crippen LogP contribution in [0.2, 0.25) is 0 Å². The van der Waals surface area contributed by atoms with Gasteiger partial charge in [0.1, 0.15) is 17.3 Å². The largest absolute Gasteiger partial charge is 0.497 e. The maximum atomic E-state index is 13.9. The number of amides is 1. The van der Waals surface area contributed by atoms with Crippen LogP contribution in [-0.4, -0.2) is 36.8 Å². The monoisotopic (exact) mass is 383 g/mol. The number of carbonyl (C=O) groups excluding carboxylic acids is 1. The van der Waals surface area contributed by atoms with Gasteiger partial charge in [0, 0.05) is 37.1 Å². The SMILES string of the molecule is COc1cc(OC)cc(N2CC(c3noc(-c4ccccc4F)n3)CC2=O)c1. The van der Waals surface area contributed by atoms with E-state index in [0.717, 1.165) is 0 Å². The lowest BCUT2D eigenvalue weighted by Gasteiger charge is -2.18. The Hall–Kier alpha value is -3.42. The second-order valence-electron chi connectivity index (χ2n) is 6.41. The first-order chi connectivity index (χ1) is 13.6. The van der Waals surface area contributed by atoms with E-state index < -0.39 is 5.82 Å². The van der Waals surface area contributed by atoms with Crippen LogP contribution in [0.3, 0.4) is 0 Å². The van der Waals surface area contributed by atoms with Crippen LogP contribution in [0.15, 0.2) is 47.0 Å². The van der Waals surface area contributed by atoms with Crippen LogP contribution in [0.4, 0.5) is 10.1 Å². The number of ether oxygens (including phenoxy) is 2. The number of benzene rings is 2. The molecule has 0 bridgehead atoms. The van der Waals surface area contributed by atoms with Crippen molar-refractivity contribution in [1.82, 2.24) is 10.1 Å². The van der Waals surface area contributed by atoms with Crippen molar-refractivity contribution >= 4 is 11.6 Å². The van der Waals surface area contributed by atoms with E-state index in [-0.39, 0.29) is 29.7 Å². The molecular formula is C20H18FN3O4. The second kappa shape index (κ2) is 7.30. The van der Waals surface area contributed by atoms with E-state index in [4.69, 9.17) is 14.0 Å². The highest BCUT2D eigenvalue weighted by molar-refractivity contribution is 5.96. The lowest BCUT2D eigenvalue weighted by Crippen LogP contribution is -2.24. The van der Waals surface area contributed by atoms with Gasteiger partial charge in [0.25, 0.3) is 5.89 Å². The molecule has 7 nitrogen and oxygen atoms in total. The molecule has 0 saturated carbocycles. The summed E-state index contributed by atoms with van der Waals surface area (Å²) in [5.74, 6) is 0.891. The molecule has 0 spiro atoms. The molecule has 0 aliphatic carbocycles. The summed E-state index contributed by atoms with van der Waals surface area (Å²) in [6, 6.07) is 11.5. The molecule has 1 aliphatic heterocycles. The van der Waals surface area contributed by atoms with Crippen LogP contribution in [0.25, 0.3) is 11.5 Å². The van der Waals surface area contributed by atoms with E-state index >= 15 is 0 Å². The summed E-state index contributed by atoms with van der Waals surface area (Å²) in [6.45, 7) is 0.380. The van der Waals surface area contributed by atoms with Gasteiger partial charge in [0.2, 0.25) is 5.91 Å². The summed E-state index contributed by atoms with van der Waals surface area (Å²) in [4.78, 5) is 18.5. The molecule has 0 N–H and O–H groups in total. The summed E-state index contributed by atoms with van der Waals surface area (Å²) in [6.07, 6.45) is 0.232. The van der Waals surface area contributed by atoms with Crippen LogP contribution in [0.1, 0.15) is 18.2 Å². The first kappa shape index (κ1) is 18.0. The van der Waals surface area contributed by atoms with E-state index in [1.807, 2.05) is 0 Å². The van der Waals surface area contributed by atoms with Crippen LogP contribution in [0.5, 0.6) is 11.5 Å². The molecule has 28 heavy (non-hydrogen) atoms. The van der Waals surface area contributed by atoms with Gasteiger partial charge in [-0.25, -0.2) is 4.39 Å². The first-order valence-corrected chi connectivity index (χ1v) is 8.71. The molecule has 8 heteroatoms. The number of aromatic nitrogens is 2. The molecule has 4 rings (SSSR count). The fraction of sp³-hybridized carbons (Fsp3) is 0.250. The Balaban J connectivity index is 1.58. The number of hydrogen-bond donors (Lipinski definition) is 0. The van der Waals surface area contributed by atoms with Crippen molar-refractivity contribution < 1.29 is 23.2 Å². The lowest BCUT2D eigenvalue weighted by atomic mass is 10.1. The summed E-state index contributed by atoms with van der Waals surface area (Å²) < 4.78 is 29.7. The Labute approximate surface area is 160 Å². The minimum Gasteiger partial charge on any atom is -0.497 e. The summed E-state index contributed by atoms with van der Waals surface area (Å²) in [7, 11) is 3.10. The average molecular weight is 383 g/mol. The molecule has 3 aromatic rings. The molecule has 1 amide bonds. The molecule has 1 fully saturated rings. The Bertz CT molecular complexity index is 998. The zero-order valence-electron chi connectivity index (χ0n) is 15.4. The smallest absolute Gasteiger partial charge is 0.260 e. The van der Waals surface area contributed by atoms with E-state index in [0.29, 0.717) is 29.6 Å². The molecule has 144 valence electrons. The molecule has 1 unspecified atom stereocenters. The fourth-order valence-corrected chi connectivity index (χ4v) is 3.22. The van der Waals surface area contributed by atoms with Gasteiger partial charge < -0.3 is 18.9 Å². The third-order valence-corrected chi connectivity index (χ3v) is 4.68. The van der Waals surface area contributed by atoms with Crippen LogP contribution in [0, 0.1) is 5.82 Å². The third kappa shape index (κ3) is 3.28. The lowest BCUT2D eigenvalue weighted by molar-refractivity contribution is -0.117. The van der Waals surface area contributed by atoms with Gasteiger partial charge in [0.05, 0.1) is 25.5 Å². The number of anilines is 1. The number of hydrogen-bond acceptors (Lipinski definition) is 6. The zero-order chi connectivity index (χ0) is 19.7. The summed E-state index contributed by atoms with van der Waals surface area (Å²) in [5, 5.41) is 3.96. The summed E-state index contributed by atoms with van der Waals surface area (Å²) >= 11 is 0. The van der Waals surface area contributed by atoms with Gasteiger partial charge in [0.15, 0.2) is 5.82 Å². The van der Waals surface area contributed by atoms with Crippen LogP contribution >= 0.6 is 0 Å². The van der Waals surface area contributed by atoms with Crippen molar-refractivity contribution in [3.63, 3.8) is 0 Å². The van der Waals surface area contributed by atoms with Crippen molar-refractivity contribution in [3.05, 3.63) is 54.1 Å². The average Bonchev–Trinajstić information content (AvgIpc) is 3.34. The highest BCUT2D eigenvalue weighted by Gasteiger charge is 2.35. The van der Waals surface area contributed by atoms with E-state index in [1.54, 1.807) is 55.5 Å². The maximum Gasteiger partial charge on any atom is 0.260 e. The first-order valence-electron chi connectivity index (χ1n) is 8.71. The minimum atomic E-state index is -0.440. The second-order valence-corrected chi connectivity index (χ2v) is 6.41. The van der Waals surface area contributed by atoms with Crippen molar-refractivity contribution in [3.8, 4) is 23.0 Å². The fourth-order valence-electron chi connectivity index (χ4n) is 3.22. The van der Waals surface area contributed by atoms with Gasteiger partial charge >= 0.3 is 0 Å². The molecular weight excluding hydrogens is 365 g/mol. The van der Waals surface area contributed by atoms with Crippen LogP contribution in [-0.2, 0) is 4.79 Å². The topological polar surface area (TPSA) is 77.7 Å². The standard InChI is InChI=1S/C20H18FN3O4/c1-26-14-8-13(9-15(10-14)27-2)24-11-12(7-18(24)25)19-22-20(28-23-19)16-5-3-4-6-17(16)21/h3-6,8-10,12H,7,11H2,1-2H3. The van der Waals surface area contributed by atoms with E-state index in [1.165, 1.54) is 6.07 Å². The summed E-state index contributed by atoms with van der Waals surface area (Å²) in [5.41, 5.74) is 0.904. The third-order valence-electron chi connectivity index (χ3n) is 4.68. The molecule has 1 saturated heterocycles. The van der Waals surface area contributed by atoms with Gasteiger partial charge in [-0.05, 0) is 12.1 Å². The highest BCUT2D eigenvalue weighted by atomic mass is 19.1. The molecule has 2 aromatic carbocycles. The maximum absolute atomic E-state index is 13.9. The van der Waals surface area contributed by atoms with Gasteiger partial charge in [-0.3, -0.25) is 4.79 Å². The van der Waals surface area contributed by atoms with Crippen LogP contribution < -0.4 is 14.4 Å². The predicted molar refractivity (Wildman–Crippen MR) is 98.9 cm³/mol. The molecule has 1 aromatic heterocycles. The molecule has 0 radical (unpaired) electrons. The normalized spacial score (nSPS) is 16.5. The van der Waals surface area contributed by atoms with Crippen molar-refractivity contribution in [2.75, 3.05) is 25.7 Å². The Morgan fingerprint density at radius 2 is 1.86 bits per heavy atom. The number of carbonyl (C=O) groups is 1.